The molecule has 5 heteroatoms. The first-order valence-corrected chi connectivity index (χ1v) is 9.57. The lowest BCUT2D eigenvalue weighted by atomic mass is 10.1. The minimum atomic E-state index is -3.15. The molecule has 2 aromatic rings. The highest BCUT2D eigenvalue weighted by molar-refractivity contribution is 7.89. The van der Waals surface area contributed by atoms with E-state index in [4.69, 9.17) is 0 Å². The molecule has 0 aliphatic carbocycles. The van der Waals surface area contributed by atoms with Crippen LogP contribution >= 0.6 is 11.3 Å². The van der Waals surface area contributed by atoms with Crippen molar-refractivity contribution in [1.82, 2.24) is 4.31 Å². The van der Waals surface area contributed by atoms with Gasteiger partial charge in [0.05, 0.1) is 5.75 Å². The van der Waals surface area contributed by atoms with Crippen LogP contribution in [0.25, 0.3) is 0 Å². The summed E-state index contributed by atoms with van der Waals surface area (Å²) in [6.45, 7) is 0.550. The van der Waals surface area contributed by atoms with Crippen molar-refractivity contribution >= 4 is 21.4 Å². The predicted molar refractivity (Wildman–Crippen MR) is 89.2 cm³/mol. The molecule has 21 heavy (non-hydrogen) atoms. The summed E-state index contributed by atoms with van der Waals surface area (Å²) in [5, 5.41) is 2.02. The van der Waals surface area contributed by atoms with Gasteiger partial charge in [-0.3, -0.25) is 0 Å². The van der Waals surface area contributed by atoms with E-state index in [1.165, 1.54) is 14.7 Å². The molecule has 1 aromatic heterocycles. The van der Waals surface area contributed by atoms with Crippen LogP contribution < -0.4 is 0 Å². The quantitative estimate of drug-likeness (QED) is 0.748. The predicted octanol–water partition coefficient (Wildman–Crippen LogP) is 3.19. The first-order valence-electron chi connectivity index (χ1n) is 7.08. The topological polar surface area (TPSA) is 37.4 Å². The molecule has 0 aliphatic rings. The normalized spacial score (nSPS) is 11.9. The first kappa shape index (κ1) is 16.2. The van der Waals surface area contributed by atoms with Gasteiger partial charge in [-0.1, -0.05) is 36.4 Å². The third-order valence-electron chi connectivity index (χ3n) is 3.44. The SMILES string of the molecule is CN(CCc1cccs1)S(=O)(=O)CCCc1ccccc1. The maximum Gasteiger partial charge on any atom is 0.213 e. The highest BCUT2D eigenvalue weighted by atomic mass is 32.2. The number of sulfonamides is 1. The minimum absolute atomic E-state index is 0.211. The van der Waals surface area contributed by atoms with Crippen LogP contribution in [-0.2, 0) is 22.9 Å². The summed E-state index contributed by atoms with van der Waals surface area (Å²) in [7, 11) is -1.47. The molecule has 0 atom stereocenters. The Morgan fingerprint density at radius 3 is 2.48 bits per heavy atom. The van der Waals surface area contributed by atoms with E-state index in [-0.39, 0.29) is 5.75 Å². The molecular weight excluding hydrogens is 302 g/mol. The van der Waals surface area contributed by atoms with E-state index in [9.17, 15) is 8.42 Å². The van der Waals surface area contributed by atoms with Gasteiger partial charge in [-0.2, -0.15) is 0 Å². The summed E-state index contributed by atoms with van der Waals surface area (Å²) < 4.78 is 25.9. The van der Waals surface area contributed by atoms with Gasteiger partial charge in [-0.15, -0.1) is 11.3 Å². The zero-order chi connectivity index (χ0) is 15.1. The largest absolute Gasteiger partial charge is 0.213 e. The van der Waals surface area contributed by atoms with Crippen molar-refractivity contribution in [2.45, 2.75) is 19.3 Å². The van der Waals surface area contributed by atoms with Gasteiger partial charge in [-0.25, -0.2) is 12.7 Å². The molecule has 1 heterocycles. The van der Waals surface area contributed by atoms with Gasteiger partial charge in [0.2, 0.25) is 10.0 Å². The molecule has 0 bridgehead atoms. The molecular formula is C16H21NO2S2. The summed E-state index contributed by atoms with van der Waals surface area (Å²) >= 11 is 1.67. The van der Waals surface area contributed by atoms with Crippen LogP contribution in [0.4, 0.5) is 0 Å². The Kier molecular flexibility index (Phi) is 5.96. The van der Waals surface area contributed by atoms with Gasteiger partial charge in [0.25, 0.3) is 0 Å². The molecule has 0 radical (unpaired) electrons. The Balaban J connectivity index is 1.77. The van der Waals surface area contributed by atoms with E-state index >= 15 is 0 Å². The average molecular weight is 323 g/mol. The molecule has 0 saturated heterocycles. The first-order chi connectivity index (χ1) is 10.1. The lowest BCUT2D eigenvalue weighted by Crippen LogP contribution is -2.31. The van der Waals surface area contributed by atoms with E-state index in [1.54, 1.807) is 18.4 Å². The second-order valence-electron chi connectivity index (χ2n) is 5.06. The standard InChI is InChI=1S/C16H21NO2S2/c1-17(12-11-16-10-5-13-20-16)21(18,19)14-6-9-15-7-3-2-4-8-15/h2-5,7-8,10,13H,6,9,11-12,14H2,1H3. The van der Waals surface area contributed by atoms with Crippen molar-refractivity contribution in [2.75, 3.05) is 19.3 Å². The molecule has 0 saturated carbocycles. The fourth-order valence-corrected chi connectivity index (χ4v) is 4.01. The van der Waals surface area contributed by atoms with Crippen molar-refractivity contribution in [3.05, 3.63) is 58.3 Å². The molecule has 1 aromatic carbocycles. The van der Waals surface area contributed by atoms with Crippen LogP contribution in [0.5, 0.6) is 0 Å². The molecule has 0 unspecified atom stereocenters. The second-order valence-corrected chi connectivity index (χ2v) is 8.28. The molecule has 0 N–H and O–H groups in total. The Bertz CT molecular complexity index is 622. The summed E-state index contributed by atoms with van der Waals surface area (Å²) in [6.07, 6.45) is 2.25. The number of thiophene rings is 1. The lowest BCUT2D eigenvalue weighted by Gasteiger charge is -2.16. The van der Waals surface area contributed by atoms with E-state index in [0.29, 0.717) is 13.0 Å². The second kappa shape index (κ2) is 7.73. The number of nitrogens with zero attached hydrogens (tertiary/aromatic N) is 1. The fourth-order valence-electron chi connectivity index (χ4n) is 2.12. The maximum atomic E-state index is 12.2. The Hall–Kier alpha value is -1.17. The number of rotatable bonds is 8. The molecule has 0 spiro atoms. The molecule has 0 amide bonds. The highest BCUT2D eigenvalue weighted by Gasteiger charge is 2.17. The highest BCUT2D eigenvalue weighted by Crippen LogP contribution is 2.11. The number of aryl methyl sites for hydroxylation is 1. The molecule has 114 valence electrons. The Labute approximate surface area is 131 Å². The summed E-state index contributed by atoms with van der Waals surface area (Å²) in [5.41, 5.74) is 1.19. The monoisotopic (exact) mass is 323 g/mol. The van der Waals surface area contributed by atoms with E-state index < -0.39 is 10.0 Å². The van der Waals surface area contributed by atoms with Gasteiger partial charge in [0, 0.05) is 18.5 Å². The van der Waals surface area contributed by atoms with Crippen LogP contribution in [0.15, 0.2) is 47.8 Å². The average Bonchev–Trinajstić information content (AvgIpc) is 2.99. The van der Waals surface area contributed by atoms with Gasteiger partial charge >= 0.3 is 0 Å². The van der Waals surface area contributed by atoms with E-state index in [1.807, 2.05) is 47.8 Å². The number of likely N-dealkylation sites (N-methyl/N-ethyl adjacent to an activating group) is 1. The van der Waals surface area contributed by atoms with Crippen LogP contribution in [0.1, 0.15) is 16.9 Å². The number of hydrogen-bond donors (Lipinski definition) is 0. The zero-order valence-electron chi connectivity index (χ0n) is 12.2. The van der Waals surface area contributed by atoms with Crippen molar-refractivity contribution < 1.29 is 8.42 Å². The Morgan fingerprint density at radius 1 is 1.05 bits per heavy atom. The third-order valence-corrected chi connectivity index (χ3v) is 6.31. The van der Waals surface area contributed by atoms with Crippen molar-refractivity contribution in [3.8, 4) is 0 Å². The number of benzene rings is 1. The van der Waals surface area contributed by atoms with Crippen LogP contribution in [-0.4, -0.2) is 32.1 Å². The van der Waals surface area contributed by atoms with Crippen molar-refractivity contribution in [1.29, 1.82) is 0 Å². The van der Waals surface area contributed by atoms with Crippen LogP contribution in [0, 0.1) is 0 Å². The van der Waals surface area contributed by atoms with Gasteiger partial charge in [-0.05, 0) is 36.3 Å². The minimum Gasteiger partial charge on any atom is -0.212 e. The zero-order valence-corrected chi connectivity index (χ0v) is 13.9. The summed E-state index contributed by atoms with van der Waals surface area (Å²) in [6, 6.07) is 14.0. The number of hydrogen-bond acceptors (Lipinski definition) is 3. The maximum absolute atomic E-state index is 12.2. The van der Waals surface area contributed by atoms with Crippen LogP contribution in [0.3, 0.4) is 0 Å². The van der Waals surface area contributed by atoms with Gasteiger partial charge < -0.3 is 0 Å². The molecule has 0 fully saturated rings. The molecule has 2 rings (SSSR count). The van der Waals surface area contributed by atoms with E-state index in [2.05, 4.69) is 0 Å². The van der Waals surface area contributed by atoms with Gasteiger partial charge in [0.15, 0.2) is 0 Å². The third kappa shape index (κ3) is 5.26. The van der Waals surface area contributed by atoms with Crippen molar-refractivity contribution in [3.63, 3.8) is 0 Å². The van der Waals surface area contributed by atoms with Crippen molar-refractivity contribution in [2.24, 2.45) is 0 Å². The van der Waals surface area contributed by atoms with E-state index in [0.717, 1.165) is 12.8 Å². The van der Waals surface area contributed by atoms with Crippen LogP contribution in [0.2, 0.25) is 0 Å². The van der Waals surface area contributed by atoms with Gasteiger partial charge in [0.1, 0.15) is 0 Å². The lowest BCUT2D eigenvalue weighted by molar-refractivity contribution is 0.472. The summed E-state index contributed by atoms with van der Waals surface area (Å²) in [4.78, 5) is 1.22. The molecule has 0 aliphatic heterocycles. The smallest absolute Gasteiger partial charge is 0.212 e. The fraction of sp³-hybridized carbons (Fsp3) is 0.375. The summed E-state index contributed by atoms with van der Waals surface area (Å²) in [5.74, 6) is 0.211. The molecule has 3 nitrogen and oxygen atoms in total. The Morgan fingerprint density at radius 2 is 1.81 bits per heavy atom.